The molecule has 0 aliphatic rings. The Morgan fingerprint density at radius 2 is 0.796 bits per heavy atom. The van der Waals surface area contributed by atoms with E-state index in [0.717, 1.165) is 50.1 Å². The Morgan fingerprint density at radius 3 is 1.54 bits per heavy atom. The minimum Gasteiger partial charge on any atom is -0.456 e. The molecule has 0 spiro atoms. The van der Waals surface area contributed by atoms with E-state index in [-0.39, 0.29) is 0 Å². The summed E-state index contributed by atoms with van der Waals surface area (Å²) in [5.41, 5.74) is 14.6. The molecule has 0 saturated carbocycles. The van der Waals surface area contributed by atoms with E-state index in [9.17, 15) is 0 Å². The number of nitrogens with zero attached hydrogens (tertiary/aromatic N) is 1. The first-order valence-electron chi connectivity index (χ1n) is 18.4. The Kier molecular flexibility index (Phi) is 7.85. The van der Waals surface area contributed by atoms with E-state index in [1.165, 1.54) is 44.2 Å². The first-order chi connectivity index (χ1) is 26.8. The van der Waals surface area contributed by atoms with Crippen LogP contribution >= 0.6 is 0 Å². The summed E-state index contributed by atoms with van der Waals surface area (Å²) in [5, 5.41) is 4.76. The van der Waals surface area contributed by atoms with Gasteiger partial charge in [-0.15, -0.1) is 0 Å². The number of rotatable bonds is 7. The monoisotopic (exact) mass is 689 g/mol. The molecular formula is C52H35NO. The summed E-state index contributed by atoms with van der Waals surface area (Å²) < 4.78 is 6.23. The van der Waals surface area contributed by atoms with E-state index in [1.54, 1.807) is 0 Å². The summed E-state index contributed by atoms with van der Waals surface area (Å²) in [6, 6.07) is 75.9. The lowest BCUT2D eigenvalue weighted by atomic mass is 9.97. The maximum atomic E-state index is 6.23. The molecule has 0 amide bonds. The zero-order valence-electron chi connectivity index (χ0n) is 29.6. The van der Waals surface area contributed by atoms with Gasteiger partial charge in [0.05, 0.1) is 0 Å². The van der Waals surface area contributed by atoms with Gasteiger partial charge in [-0.1, -0.05) is 164 Å². The number of hydrogen-bond donors (Lipinski definition) is 0. The van der Waals surface area contributed by atoms with Crippen molar-refractivity contribution in [2.45, 2.75) is 0 Å². The normalized spacial score (nSPS) is 11.3. The van der Waals surface area contributed by atoms with E-state index in [1.807, 2.05) is 12.1 Å². The molecule has 9 aromatic carbocycles. The van der Waals surface area contributed by atoms with Crippen LogP contribution in [0.2, 0.25) is 0 Å². The van der Waals surface area contributed by atoms with Gasteiger partial charge in [0.25, 0.3) is 0 Å². The molecule has 0 atom stereocenters. The van der Waals surface area contributed by atoms with E-state index in [0.29, 0.717) is 0 Å². The van der Waals surface area contributed by atoms with Gasteiger partial charge < -0.3 is 9.32 Å². The second-order valence-corrected chi connectivity index (χ2v) is 13.7. The zero-order valence-corrected chi connectivity index (χ0v) is 29.6. The van der Waals surface area contributed by atoms with Gasteiger partial charge in [0.1, 0.15) is 11.2 Å². The number of fused-ring (bicyclic) bond motifs is 4. The maximum absolute atomic E-state index is 6.23. The summed E-state index contributed by atoms with van der Waals surface area (Å²) in [4.78, 5) is 2.36. The van der Waals surface area contributed by atoms with Crippen LogP contribution < -0.4 is 4.90 Å². The van der Waals surface area contributed by atoms with Gasteiger partial charge in [-0.2, -0.15) is 0 Å². The molecule has 1 aromatic heterocycles. The molecule has 254 valence electrons. The van der Waals surface area contributed by atoms with Gasteiger partial charge >= 0.3 is 0 Å². The molecule has 10 rings (SSSR count). The van der Waals surface area contributed by atoms with Crippen molar-refractivity contribution in [3.05, 3.63) is 212 Å². The van der Waals surface area contributed by atoms with Crippen molar-refractivity contribution >= 4 is 49.8 Å². The molecule has 0 unspecified atom stereocenters. The van der Waals surface area contributed by atoms with E-state index in [2.05, 4.69) is 205 Å². The van der Waals surface area contributed by atoms with Crippen LogP contribution in [-0.4, -0.2) is 0 Å². The predicted molar refractivity (Wildman–Crippen MR) is 228 cm³/mol. The quantitative estimate of drug-likeness (QED) is 0.166. The first-order valence-corrected chi connectivity index (χ1v) is 18.4. The third-order valence-electron chi connectivity index (χ3n) is 10.5. The first kappa shape index (κ1) is 31.6. The highest BCUT2D eigenvalue weighted by atomic mass is 16.3. The Labute approximate surface area is 314 Å². The fourth-order valence-electron chi connectivity index (χ4n) is 7.83. The number of furan rings is 1. The molecule has 0 N–H and O–H groups in total. The lowest BCUT2D eigenvalue weighted by molar-refractivity contribution is 0.669. The molecule has 2 nitrogen and oxygen atoms in total. The SMILES string of the molecule is c1ccc(-c2ccc(-c3ccc(N(c4ccc(-c5cccc6oc7ccccc7c56)cc4)c4cccc(-c5cccc6ccccc56)c4)cc3)cc2)cc1. The molecule has 54 heavy (non-hydrogen) atoms. The second-order valence-electron chi connectivity index (χ2n) is 13.7. The molecular weight excluding hydrogens is 655 g/mol. The second kappa shape index (κ2) is 13.4. The minimum atomic E-state index is 0.902. The summed E-state index contributed by atoms with van der Waals surface area (Å²) in [6.07, 6.45) is 0. The molecule has 0 saturated heterocycles. The lowest BCUT2D eigenvalue weighted by Gasteiger charge is -2.26. The average molecular weight is 690 g/mol. The molecule has 1 heterocycles. The van der Waals surface area contributed by atoms with Gasteiger partial charge in [0.2, 0.25) is 0 Å². The van der Waals surface area contributed by atoms with E-state index < -0.39 is 0 Å². The van der Waals surface area contributed by atoms with E-state index in [4.69, 9.17) is 4.42 Å². The molecule has 0 radical (unpaired) electrons. The van der Waals surface area contributed by atoms with Crippen LogP contribution in [0.25, 0.3) is 77.2 Å². The van der Waals surface area contributed by atoms with Crippen molar-refractivity contribution in [3.8, 4) is 44.5 Å². The Hall–Kier alpha value is -7.16. The Bertz CT molecular complexity index is 2900. The molecule has 0 bridgehead atoms. The van der Waals surface area contributed by atoms with Crippen LogP contribution in [0, 0.1) is 0 Å². The van der Waals surface area contributed by atoms with Crippen molar-refractivity contribution < 1.29 is 4.42 Å². The molecule has 10 aromatic rings. The van der Waals surface area contributed by atoms with Crippen LogP contribution in [-0.2, 0) is 0 Å². The summed E-state index contributed by atoms with van der Waals surface area (Å²) >= 11 is 0. The number of para-hydroxylation sites is 1. The number of benzene rings is 9. The van der Waals surface area contributed by atoms with Crippen LogP contribution in [0.3, 0.4) is 0 Å². The average Bonchev–Trinajstić information content (AvgIpc) is 3.64. The zero-order chi connectivity index (χ0) is 35.8. The van der Waals surface area contributed by atoms with Gasteiger partial charge in [-0.25, -0.2) is 0 Å². The van der Waals surface area contributed by atoms with Crippen molar-refractivity contribution in [2.75, 3.05) is 4.90 Å². The Morgan fingerprint density at radius 1 is 0.296 bits per heavy atom. The largest absolute Gasteiger partial charge is 0.456 e. The molecule has 0 aliphatic heterocycles. The number of hydrogen-bond acceptors (Lipinski definition) is 2. The van der Waals surface area contributed by atoms with Crippen LogP contribution in [0.4, 0.5) is 17.1 Å². The van der Waals surface area contributed by atoms with Crippen molar-refractivity contribution in [1.29, 1.82) is 0 Å². The van der Waals surface area contributed by atoms with Crippen LogP contribution in [0.5, 0.6) is 0 Å². The third-order valence-corrected chi connectivity index (χ3v) is 10.5. The summed E-state index contributed by atoms with van der Waals surface area (Å²) in [5.74, 6) is 0. The highest BCUT2D eigenvalue weighted by molar-refractivity contribution is 6.12. The Balaban J connectivity index is 1.06. The van der Waals surface area contributed by atoms with Crippen molar-refractivity contribution in [1.82, 2.24) is 0 Å². The minimum absolute atomic E-state index is 0.902. The molecule has 2 heteroatoms. The number of anilines is 3. The van der Waals surface area contributed by atoms with Crippen LogP contribution in [0.1, 0.15) is 0 Å². The lowest BCUT2D eigenvalue weighted by Crippen LogP contribution is -2.10. The fourth-order valence-corrected chi connectivity index (χ4v) is 7.83. The molecule has 0 fully saturated rings. The summed E-state index contributed by atoms with van der Waals surface area (Å²) in [6.45, 7) is 0. The third kappa shape index (κ3) is 5.71. The van der Waals surface area contributed by atoms with Crippen molar-refractivity contribution in [2.24, 2.45) is 0 Å². The topological polar surface area (TPSA) is 16.4 Å². The van der Waals surface area contributed by atoms with E-state index >= 15 is 0 Å². The smallest absolute Gasteiger partial charge is 0.136 e. The van der Waals surface area contributed by atoms with Gasteiger partial charge in [-0.3, -0.25) is 0 Å². The predicted octanol–water partition coefficient (Wildman–Crippen LogP) is 14.9. The van der Waals surface area contributed by atoms with Crippen LogP contribution in [0.15, 0.2) is 217 Å². The highest BCUT2D eigenvalue weighted by Crippen LogP contribution is 2.41. The summed E-state index contributed by atoms with van der Waals surface area (Å²) in [7, 11) is 0. The van der Waals surface area contributed by atoms with Gasteiger partial charge in [0, 0.05) is 27.8 Å². The van der Waals surface area contributed by atoms with Gasteiger partial charge in [-0.05, 0) is 104 Å². The molecule has 0 aliphatic carbocycles. The fraction of sp³-hybridized carbons (Fsp3) is 0. The maximum Gasteiger partial charge on any atom is 0.136 e. The standard InChI is InChI=1S/C52H35NO/c1-2-11-36(12-3-1)37-23-25-38(26-24-37)39-27-31-43(32-28-39)53(45-16-8-15-42(35-45)47-19-9-14-40-13-4-5-17-46(40)47)44-33-29-41(30-34-44)48-20-10-22-51-52(48)49-18-6-7-21-50(49)54-51/h1-35H. The van der Waals surface area contributed by atoms with Crippen molar-refractivity contribution in [3.63, 3.8) is 0 Å². The highest BCUT2D eigenvalue weighted by Gasteiger charge is 2.17. The van der Waals surface area contributed by atoms with Gasteiger partial charge in [0.15, 0.2) is 0 Å².